The maximum Gasteiger partial charge on any atom is 0.330 e. The van der Waals surface area contributed by atoms with E-state index in [-0.39, 0.29) is 5.97 Å². The number of hydrogen-bond donors (Lipinski definition) is 0. The van der Waals surface area contributed by atoms with Crippen LogP contribution in [-0.4, -0.2) is 12.6 Å². The van der Waals surface area contributed by atoms with Gasteiger partial charge in [0.25, 0.3) is 0 Å². The highest BCUT2D eigenvalue weighted by molar-refractivity contribution is 5.81. The van der Waals surface area contributed by atoms with E-state index in [1.54, 1.807) is 0 Å². The van der Waals surface area contributed by atoms with Gasteiger partial charge in [0.15, 0.2) is 0 Å². The van der Waals surface area contributed by atoms with Gasteiger partial charge in [-0.05, 0) is 6.42 Å². The second-order valence-corrected chi connectivity index (χ2v) is 7.24. The Morgan fingerprint density at radius 1 is 0.600 bits per heavy atom. The van der Waals surface area contributed by atoms with E-state index in [1.165, 1.54) is 109 Å². The molecule has 0 aliphatic rings. The fraction of sp³-hybridized carbons (Fsp3) is 0.826. The van der Waals surface area contributed by atoms with Crippen LogP contribution < -0.4 is 0 Å². The quantitative estimate of drug-likeness (QED) is 0.128. The lowest BCUT2D eigenvalue weighted by Gasteiger charge is -2.04. The van der Waals surface area contributed by atoms with Crippen molar-refractivity contribution < 1.29 is 9.53 Å². The minimum Gasteiger partial charge on any atom is -0.463 e. The summed E-state index contributed by atoms with van der Waals surface area (Å²) in [5.74, 6) is -0.301. The summed E-state index contributed by atoms with van der Waals surface area (Å²) >= 11 is 0. The van der Waals surface area contributed by atoms with E-state index in [0.717, 1.165) is 12.8 Å². The van der Waals surface area contributed by atoms with Crippen LogP contribution in [0, 0.1) is 6.92 Å². The highest BCUT2D eigenvalue weighted by Gasteiger charge is 1.96. The van der Waals surface area contributed by atoms with Gasteiger partial charge in [0.05, 0.1) is 6.61 Å². The van der Waals surface area contributed by atoms with Crippen LogP contribution in [-0.2, 0) is 9.53 Å². The van der Waals surface area contributed by atoms with Crippen LogP contribution >= 0.6 is 0 Å². The van der Waals surface area contributed by atoms with Crippen LogP contribution in [0.4, 0.5) is 0 Å². The van der Waals surface area contributed by atoms with Crippen molar-refractivity contribution in [1.82, 2.24) is 0 Å². The zero-order chi connectivity index (χ0) is 18.4. The van der Waals surface area contributed by atoms with Crippen molar-refractivity contribution in [3.63, 3.8) is 0 Å². The lowest BCUT2D eigenvalue weighted by Crippen LogP contribution is -2.01. The van der Waals surface area contributed by atoms with Crippen LogP contribution in [0.25, 0.3) is 0 Å². The van der Waals surface area contributed by atoms with Crippen molar-refractivity contribution in [2.45, 2.75) is 116 Å². The molecule has 0 amide bonds. The van der Waals surface area contributed by atoms with E-state index in [1.807, 2.05) is 0 Å². The van der Waals surface area contributed by atoms with Crippen LogP contribution in [0.2, 0.25) is 0 Å². The number of unbranched alkanes of at least 4 members (excludes halogenated alkanes) is 17. The summed E-state index contributed by atoms with van der Waals surface area (Å²) in [4.78, 5) is 10.9. The molecule has 0 aliphatic carbocycles. The Bertz CT molecular complexity index is 286. The fourth-order valence-corrected chi connectivity index (χ4v) is 3.16. The average molecular weight is 352 g/mol. The van der Waals surface area contributed by atoms with E-state index in [2.05, 4.69) is 13.5 Å². The molecule has 0 heterocycles. The maximum atomic E-state index is 10.9. The summed E-state index contributed by atoms with van der Waals surface area (Å²) in [7, 11) is 0. The first-order valence-corrected chi connectivity index (χ1v) is 10.9. The van der Waals surface area contributed by atoms with Gasteiger partial charge in [-0.25, -0.2) is 4.79 Å². The number of carbonyl (C=O) groups is 1. The van der Waals surface area contributed by atoms with Crippen molar-refractivity contribution in [3.8, 4) is 0 Å². The Kier molecular flexibility index (Phi) is 20.6. The average Bonchev–Trinajstić information content (AvgIpc) is 2.63. The van der Waals surface area contributed by atoms with Gasteiger partial charge in [-0.2, -0.15) is 0 Å². The van der Waals surface area contributed by atoms with Gasteiger partial charge in [0.1, 0.15) is 0 Å². The van der Waals surface area contributed by atoms with E-state index in [4.69, 9.17) is 4.74 Å². The van der Waals surface area contributed by atoms with Gasteiger partial charge < -0.3 is 4.74 Å². The molecule has 0 atom stereocenters. The first kappa shape index (κ1) is 24.2. The molecule has 0 aromatic heterocycles. The molecule has 0 aliphatic heterocycles. The third-order valence-corrected chi connectivity index (χ3v) is 4.81. The molecule has 0 saturated carbocycles. The lowest BCUT2D eigenvalue weighted by atomic mass is 10.0. The largest absolute Gasteiger partial charge is 0.463 e. The topological polar surface area (TPSA) is 26.3 Å². The molecule has 0 aromatic rings. The third-order valence-electron chi connectivity index (χ3n) is 4.81. The number of rotatable bonds is 20. The molecule has 0 bridgehead atoms. The standard InChI is InChI=1S/C23H43O2/c1-3-5-6-7-8-9-10-11-12-13-14-15-16-17-18-19-20-21-22-25-23(24)4-2/h4H,1-3,5-22H2. The molecule has 0 spiro atoms. The van der Waals surface area contributed by atoms with Gasteiger partial charge in [0.2, 0.25) is 0 Å². The number of carbonyl (C=O) groups excluding carboxylic acids is 1. The number of hydrogen-bond acceptors (Lipinski definition) is 2. The summed E-state index contributed by atoms with van der Waals surface area (Å²) < 4.78 is 4.96. The minimum absolute atomic E-state index is 0.301. The fourth-order valence-electron chi connectivity index (χ4n) is 3.16. The van der Waals surface area contributed by atoms with E-state index in [9.17, 15) is 4.79 Å². The van der Waals surface area contributed by atoms with Gasteiger partial charge in [-0.1, -0.05) is 123 Å². The predicted octanol–water partition coefficient (Wildman–Crippen LogP) is 7.57. The van der Waals surface area contributed by atoms with Crippen LogP contribution in [0.3, 0.4) is 0 Å². The zero-order valence-corrected chi connectivity index (χ0v) is 16.7. The second kappa shape index (κ2) is 21.3. The number of ether oxygens (including phenoxy) is 1. The molecule has 1 radical (unpaired) electrons. The van der Waals surface area contributed by atoms with Gasteiger partial charge in [0, 0.05) is 6.08 Å². The zero-order valence-electron chi connectivity index (χ0n) is 16.7. The van der Waals surface area contributed by atoms with Crippen molar-refractivity contribution in [3.05, 3.63) is 19.6 Å². The van der Waals surface area contributed by atoms with Crippen LogP contribution in [0.5, 0.6) is 0 Å². The monoisotopic (exact) mass is 351 g/mol. The highest BCUT2D eigenvalue weighted by atomic mass is 16.5. The Morgan fingerprint density at radius 2 is 0.920 bits per heavy atom. The molecule has 0 unspecified atom stereocenters. The Morgan fingerprint density at radius 3 is 1.24 bits per heavy atom. The molecule has 2 nitrogen and oxygen atoms in total. The first-order chi connectivity index (χ1) is 12.3. The molecule has 25 heavy (non-hydrogen) atoms. The van der Waals surface area contributed by atoms with Crippen molar-refractivity contribution in [2.75, 3.05) is 6.61 Å². The van der Waals surface area contributed by atoms with Crippen molar-refractivity contribution >= 4 is 5.97 Å². The Hall–Kier alpha value is -0.790. The molecule has 0 fully saturated rings. The lowest BCUT2D eigenvalue weighted by molar-refractivity contribution is -0.137. The molecule has 147 valence electrons. The maximum absolute atomic E-state index is 10.9. The predicted molar refractivity (Wildman–Crippen MR) is 110 cm³/mol. The SMILES string of the molecule is [CH2]CCCCCCCCCCCCCCCCCCCOC(=O)C=C. The van der Waals surface area contributed by atoms with Crippen LogP contribution in [0.1, 0.15) is 116 Å². The Balaban J connectivity index is 3.00. The normalized spacial score (nSPS) is 10.8. The van der Waals surface area contributed by atoms with Gasteiger partial charge >= 0.3 is 5.97 Å². The van der Waals surface area contributed by atoms with E-state index in [0.29, 0.717) is 6.61 Å². The van der Waals surface area contributed by atoms with E-state index < -0.39 is 0 Å². The number of esters is 1. The van der Waals surface area contributed by atoms with Crippen molar-refractivity contribution in [1.29, 1.82) is 0 Å². The van der Waals surface area contributed by atoms with Gasteiger partial charge in [-0.15, -0.1) is 0 Å². The summed E-state index contributed by atoms with van der Waals surface area (Å²) in [6.45, 7) is 7.82. The summed E-state index contributed by atoms with van der Waals surface area (Å²) in [5.41, 5.74) is 0. The molecular formula is C23H43O2. The minimum atomic E-state index is -0.301. The molecule has 2 heteroatoms. The van der Waals surface area contributed by atoms with E-state index >= 15 is 0 Å². The molecule has 0 rings (SSSR count). The molecule has 0 saturated heterocycles. The smallest absolute Gasteiger partial charge is 0.330 e. The van der Waals surface area contributed by atoms with Crippen LogP contribution in [0.15, 0.2) is 12.7 Å². The van der Waals surface area contributed by atoms with Gasteiger partial charge in [-0.3, -0.25) is 0 Å². The summed E-state index contributed by atoms with van der Waals surface area (Å²) in [5, 5.41) is 0. The summed E-state index contributed by atoms with van der Waals surface area (Å²) in [6.07, 6.45) is 25.3. The van der Waals surface area contributed by atoms with Crippen molar-refractivity contribution in [2.24, 2.45) is 0 Å². The molecular weight excluding hydrogens is 308 g/mol. The molecule has 0 N–H and O–H groups in total. The summed E-state index contributed by atoms with van der Waals surface area (Å²) in [6, 6.07) is 0. The first-order valence-electron chi connectivity index (χ1n) is 10.9. The third kappa shape index (κ3) is 21.2. The Labute approximate surface area is 157 Å². The second-order valence-electron chi connectivity index (χ2n) is 7.24. The molecule has 0 aromatic carbocycles. The highest BCUT2D eigenvalue weighted by Crippen LogP contribution is 2.14.